The lowest BCUT2D eigenvalue weighted by Crippen LogP contribution is -2.14. The van der Waals surface area contributed by atoms with Gasteiger partial charge in [-0.2, -0.15) is 5.26 Å². The van der Waals surface area contributed by atoms with E-state index < -0.39 is 0 Å². The van der Waals surface area contributed by atoms with E-state index in [9.17, 15) is 5.26 Å². The van der Waals surface area contributed by atoms with Crippen molar-refractivity contribution in [1.29, 1.82) is 5.26 Å². The standard InChI is InChI=1S/C49H34N4/c1-49(2)44-27-17-32(31-50)29-42(44)43-30-39(26-28-45(43)49)40-15-9-10-16-41(40)48-52-46(37-22-18-35(19-23-37)33-11-5-3-6-12-33)51-47(53-48)38-24-20-36(21-25-38)34-13-7-4-8-14-34/h3-30H,1-2H3. The van der Waals surface area contributed by atoms with Gasteiger partial charge in [0.2, 0.25) is 0 Å². The van der Waals surface area contributed by atoms with E-state index in [1.807, 2.05) is 30.3 Å². The van der Waals surface area contributed by atoms with Crippen molar-refractivity contribution in [2.45, 2.75) is 19.3 Å². The summed E-state index contributed by atoms with van der Waals surface area (Å²) in [6.07, 6.45) is 0. The lowest BCUT2D eigenvalue weighted by molar-refractivity contribution is 0.660. The Bertz CT molecular complexity index is 2570. The van der Waals surface area contributed by atoms with Crippen molar-refractivity contribution in [2.75, 3.05) is 0 Å². The van der Waals surface area contributed by atoms with Crippen LogP contribution in [0, 0.1) is 11.3 Å². The van der Waals surface area contributed by atoms with Crippen molar-refractivity contribution in [3.05, 3.63) is 187 Å². The Morgan fingerprint density at radius 3 is 1.34 bits per heavy atom. The number of fused-ring (bicyclic) bond motifs is 3. The highest BCUT2D eigenvalue weighted by molar-refractivity contribution is 5.89. The molecule has 0 fully saturated rings. The average molecular weight is 679 g/mol. The highest BCUT2D eigenvalue weighted by atomic mass is 15.0. The molecule has 0 aliphatic heterocycles. The van der Waals surface area contributed by atoms with E-state index >= 15 is 0 Å². The number of rotatable bonds is 6. The molecule has 250 valence electrons. The molecule has 1 aliphatic carbocycles. The third-order valence-electron chi connectivity index (χ3n) is 10.4. The van der Waals surface area contributed by atoms with Gasteiger partial charge in [0.25, 0.3) is 0 Å². The van der Waals surface area contributed by atoms with Gasteiger partial charge < -0.3 is 0 Å². The summed E-state index contributed by atoms with van der Waals surface area (Å²) in [5.74, 6) is 1.83. The summed E-state index contributed by atoms with van der Waals surface area (Å²) >= 11 is 0. The van der Waals surface area contributed by atoms with Gasteiger partial charge in [-0.15, -0.1) is 0 Å². The first-order valence-corrected chi connectivity index (χ1v) is 17.8. The van der Waals surface area contributed by atoms with Crippen LogP contribution in [0.2, 0.25) is 0 Å². The zero-order valence-corrected chi connectivity index (χ0v) is 29.5. The molecule has 4 heteroatoms. The van der Waals surface area contributed by atoms with Crippen LogP contribution >= 0.6 is 0 Å². The SMILES string of the molecule is CC1(C)c2ccc(C#N)cc2-c2cc(-c3ccccc3-c3nc(-c4ccc(-c5ccccc5)cc4)nc(-c4ccc(-c5ccccc5)cc4)n3)ccc21. The second-order valence-corrected chi connectivity index (χ2v) is 14.0. The maximum Gasteiger partial charge on any atom is 0.164 e. The van der Waals surface area contributed by atoms with Crippen LogP contribution in [-0.2, 0) is 5.41 Å². The number of benzene rings is 7. The Labute approximate surface area is 309 Å². The van der Waals surface area contributed by atoms with Gasteiger partial charge in [0.05, 0.1) is 11.6 Å². The van der Waals surface area contributed by atoms with Crippen LogP contribution < -0.4 is 0 Å². The number of nitrogens with zero attached hydrogens (tertiary/aromatic N) is 4. The molecule has 0 amide bonds. The van der Waals surface area contributed by atoms with E-state index in [-0.39, 0.29) is 5.41 Å². The Morgan fingerprint density at radius 2 is 0.792 bits per heavy atom. The van der Waals surface area contributed by atoms with Crippen LogP contribution in [0.25, 0.3) is 78.7 Å². The summed E-state index contributed by atoms with van der Waals surface area (Å²) in [5.41, 5.74) is 14.7. The van der Waals surface area contributed by atoms with Gasteiger partial charge in [-0.25, -0.2) is 15.0 Å². The molecule has 53 heavy (non-hydrogen) atoms. The molecular formula is C49H34N4. The molecule has 0 spiro atoms. The van der Waals surface area contributed by atoms with Crippen molar-refractivity contribution in [1.82, 2.24) is 15.0 Å². The molecule has 8 aromatic rings. The molecule has 0 saturated heterocycles. The molecule has 0 N–H and O–H groups in total. The third-order valence-corrected chi connectivity index (χ3v) is 10.4. The van der Waals surface area contributed by atoms with E-state index in [1.54, 1.807) is 0 Å². The second-order valence-electron chi connectivity index (χ2n) is 14.0. The lowest BCUT2D eigenvalue weighted by atomic mass is 9.82. The van der Waals surface area contributed by atoms with Gasteiger partial charge in [0, 0.05) is 22.1 Å². The number of nitriles is 1. The lowest BCUT2D eigenvalue weighted by Gasteiger charge is -2.21. The van der Waals surface area contributed by atoms with E-state index in [4.69, 9.17) is 15.0 Å². The molecule has 9 rings (SSSR count). The van der Waals surface area contributed by atoms with Gasteiger partial charge in [-0.05, 0) is 73.8 Å². The molecule has 0 unspecified atom stereocenters. The van der Waals surface area contributed by atoms with Crippen LogP contribution in [0.1, 0.15) is 30.5 Å². The first-order valence-electron chi connectivity index (χ1n) is 17.8. The smallest absolute Gasteiger partial charge is 0.164 e. The molecule has 1 aromatic heterocycles. The van der Waals surface area contributed by atoms with Crippen LogP contribution in [0.5, 0.6) is 0 Å². The van der Waals surface area contributed by atoms with Gasteiger partial charge in [-0.3, -0.25) is 0 Å². The topological polar surface area (TPSA) is 62.5 Å². The van der Waals surface area contributed by atoms with Crippen LogP contribution in [0.3, 0.4) is 0 Å². The number of aromatic nitrogens is 3. The minimum Gasteiger partial charge on any atom is -0.208 e. The van der Waals surface area contributed by atoms with Crippen LogP contribution in [0.15, 0.2) is 170 Å². The van der Waals surface area contributed by atoms with E-state index in [0.29, 0.717) is 23.0 Å². The quantitative estimate of drug-likeness (QED) is 0.176. The van der Waals surface area contributed by atoms with Gasteiger partial charge >= 0.3 is 0 Å². The van der Waals surface area contributed by atoms with Gasteiger partial charge in [0.1, 0.15) is 0 Å². The van der Waals surface area contributed by atoms with Crippen LogP contribution in [-0.4, -0.2) is 15.0 Å². The van der Waals surface area contributed by atoms with Crippen molar-refractivity contribution >= 4 is 0 Å². The Hall–Kier alpha value is -6.96. The fraction of sp³-hybridized carbons (Fsp3) is 0.0612. The molecule has 1 aliphatic rings. The summed E-state index contributed by atoms with van der Waals surface area (Å²) in [7, 11) is 0. The molecule has 0 saturated carbocycles. The summed E-state index contributed by atoms with van der Waals surface area (Å²) in [5, 5.41) is 9.71. The zero-order valence-electron chi connectivity index (χ0n) is 29.5. The van der Waals surface area contributed by atoms with E-state index in [1.165, 1.54) is 11.1 Å². The summed E-state index contributed by atoms with van der Waals surface area (Å²) in [6, 6.07) is 61.0. The molecule has 7 aromatic carbocycles. The van der Waals surface area contributed by atoms with E-state index in [2.05, 4.69) is 159 Å². The average Bonchev–Trinajstić information content (AvgIpc) is 3.46. The van der Waals surface area contributed by atoms with Gasteiger partial charge in [0.15, 0.2) is 17.5 Å². The number of hydrogen-bond donors (Lipinski definition) is 0. The highest BCUT2D eigenvalue weighted by Gasteiger charge is 2.35. The molecule has 4 nitrogen and oxygen atoms in total. The Kier molecular flexibility index (Phi) is 7.83. The normalized spacial score (nSPS) is 12.5. The fourth-order valence-corrected chi connectivity index (χ4v) is 7.58. The van der Waals surface area contributed by atoms with Crippen molar-refractivity contribution in [3.8, 4) is 84.7 Å². The largest absolute Gasteiger partial charge is 0.208 e. The van der Waals surface area contributed by atoms with E-state index in [0.717, 1.165) is 61.2 Å². The maximum absolute atomic E-state index is 9.71. The minimum absolute atomic E-state index is 0.166. The van der Waals surface area contributed by atoms with Crippen molar-refractivity contribution in [2.24, 2.45) is 0 Å². The predicted molar refractivity (Wildman–Crippen MR) is 215 cm³/mol. The fourth-order valence-electron chi connectivity index (χ4n) is 7.58. The number of hydrogen-bond acceptors (Lipinski definition) is 4. The third kappa shape index (κ3) is 5.79. The highest BCUT2D eigenvalue weighted by Crippen LogP contribution is 2.50. The predicted octanol–water partition coefficient (Wildman–Crippen LogP) is 12.1. The summed E-state index contributed by atoms with van der Waals surface area (Å²) in [4.78, 5) is 15.4. The minimum atomic E-state index is -0.166. The Morgan fingerprint density at radius 1 is 0.377 bits per heavy atom. The summed E-state index contributed by atoms with van der Waals surface area (Å²) in [6.45, 7) is 4.51. The molecule has 0 radical (unpaired) electrons. The van der Waals surface area contributed by atoms with Crippen molar-refractivity contribution in [3.63, 3.8) is 0 Å². The Balaban J connectivity index is 1.18. The monoisotopic (exact) mass is 678 g/mol. The second kappa shape index (κ2) is 13.0. The summed E-state index contributed by atoms with van der Waals surface area (Å²) < 4.78 is 0. The zero-order chi connectivity index (χ0) is 35.9. The van der Waals surface area contributed by atoms with Crippen molar-refractivity contribution < 1.29 is 0 Å². The van der Waals surface area contributed by atoms with Crippen LogP contribution in [0.4, 0.5) is 0 Å². The molecule has 1 heterocycles. The van der Waals surface area contributed by atoms with Gasteiger partial charge in [-0.1, -0.05) is 166 Å². The molecule has 0 atom stereocenters. The molecular weight excluding hydrogens is 645 g/mol. The maximum atomic E-state index is 9.71. The first-order chi connectivity index (χ1) is 26.0. The first kappa shape index (κ1) is 32.0. The molecule has 0 bridgehead atoms.